The summed E-state index contributed by atoms with van der Waals surface area (Å²) in [6, 6.07) is 5.07. The van der Waals surface area contributed by atoms with Crippen LogP contribution in [-0.4, -0.2) is 11.0 Å². The first-order valence-electron chi connectivity index (χ1n) is 4.55. The molecule has 0 aliphatic heterocycles. The van der Waals surface area contributed by atoms with Crippen molar-refractivity contribution in [2.45, 2.75) is 6.92 Å². The maximum absolute atomic E-state index is 10.8. The minimum atomic E-state index is -0.389. The van der Waals surface area contributed by atoms with Crippen LogP contribution in [0.1, 0.15) is 6.92 Å². The molecule has 0 amide bonds. The van der Waals surface area contributed by atoms with Crippen LogP contribution in [-0.2, 0) is 4.79 Å². The number of fused-ring (bicyclic) bond motifs is 1. The van der Waals surface area contributed by atoms with Gasteiger partial charge in [0.1, 0.15) is 5.75 Å². The first-order valence-corrected chi connectivity index (χ1v) is 4.55. The van der Waals surface area contributed by atoms with E-state index in [1.165, 1.54) is 6.92 Å². The van der Waals surface area contributed by atoms with Crippen molar-refractivity contribution in [3.63, 3.8) is 0 Å². The molecule has 0 saturated heterocycles. The van der Waals surface area contributed by atoms with Crippen LogP contribution >= 0.6 is 0 Å². The Hall–Kier alpha value is -2.46. The quantitative estimate of drug-likeness (QED) is 0.275. The molecule has 0 atom stereocenters. The molecule has 80 valence electrons. The minimum Gasteiger partial charge on any atom is -0.427 e. The third-order valence-corrected chi connectivity index (χ3v) is 2.05. The molecule has 0 saturated carbocycles. The van der Waals surface area contributed by atoms with Gasteiger partial charge >= 0.3 is 5.97 Å². The smallest absolute Gasteiger partial charge is 0.308 e. The molecule has 1 N–H and O–H groups in total. The number of carbonyl (C=O) groups is 1. The summed E-state index contributed by atoms with van der Waals surface area (Å²) >= 11 is 0. The number of hydrogen-bond acceptors (Lipinski definition) is 3. The van der Waals surface area contributed by atoms with Gasteiger partial charge < -0.3 is 9.72 Å². The highest BCUT2D eigenvalue weighted by Crippen LogP contribution is 2.29. The summed E-state index contributed by atoms with van der Waals surface area (Å²) in [6.07, 6.45) is 1.60. The standard InChI is InChI=1S/C10H8N4O2/c1-6(15)16-7-2-3-9-8(4-7)10(5-12-9)13-14-11/h2-5,12H,1H3. The van der Waals surface area contributed by atoms with Crippen molar-refractivity contribution >= 4 is 22.6 Å². The lowest BCUT2D eigenvalue weighted by Crippen LogP contribution is -2.00. The Bertz CT molecular complexity index is 596. The summed E-state index contributed by atoms with van der Waals surface area (Å²) in [4.78, 5) is 16.5. The molecule has 1 aromatic carbocycles. The first-order chi connectivity index (χ1) is 7.70. The van der Waals surface area contributed by atoms with Crippen LogP contribution in [0.15, 0.2) is 29.5 Å². The predicted molar refractivity (Wildman–Crippen MR) is 58.4 cm³/mol. The fourth-order valence-electron chi connectivity index (χ4n) is 1.45. The molecule has 6 nitrogen and oxygen atoms in total. The molecule has 0 spiro atoms. The second-order valence-electron chi connectivity index (χ2n) is 3.16. The van der Waals surface area contributed by atoms with Crippen LogP contribution < -0.4 is 4.74 Å². The van der Waals surface area contributed by atoms with Gasteiger partial charge in [-0.3, -0.25) is 4.79 Å². The number of esters is 1. The Morgan fingerprint density at radius 1 is 1.56 bits per heavy atom. The zero-order valence-electron chi connectivity index (χ0n) is 8.47. The Morgan fingerprint density at radius 3 is 3.06 bits per heavy atom. The molecule has 16 heavy (non-hydrogen) atoms. The SMILES string of the molecule is CC(=O)Oc1ccc2[nH]cc(N=[N+]=[N-])c2c1. The zero-order chi connectivity index (χ0) is 11.5. The van der Waals surface area contributed by atoms with Gasteiger partial charge in [-0.05, 0) is 23.7 Å². The topological polar surface area (TPSA) is 90.9 Å². The van der Waals surface area contributed by atoms with E-state index in [1.54, 1.807) is 24.4 Å². The minimum absolute atomic E-state index is 0.389. The molecule has 6 heteroatoms. The molecule has 0 bridgehead atoms. The van der Waals surface area contributed by atoms with E-state index >= 15 is 0 Å². The van der Waals surface area contributed by atoms with Crippen LogP contribution in [0.5, 0.6) is 5.75 Å². The van der Waals surface area contributed by atoms with Gasteiger partial charge in [0.05, 0.1) is 5.69 Å². The summed E-state index contributed by atoms with van der Waals surface area (Å²) in [6.45, 7) is 1.33. The van der Waals surface area contributed by atoms with E-state index in [-0.39, 0.29) is 5.97 Å². The Morgan fingerprint density at radius 2 is 2.38 bits per heavy atom. The normalized spacial score (nSPS) is 9.81. The third kappa shape index (κ3) is 1.82. The van der Waals surface area contributed by atoms with Gasteiger partial charge in [-0.1, -0.05) is 5.11 Å². The molecule has 1 heterocycles. The van der Waals surface area contributed by atoms with E-state index in [0.717, 1.165) is 10.9 Å². The maximum Gasteiger partial charge on any atom is 0.308 e. The van der Waals surface area contributed by atoms with E-state index in [0.29, 0.717) is 11.4 Å². The number of aromatic amines is 1. The Balaban J connectivity index is 2.53. The van der Waals surface area contributed by atoms with E-state index in [9.17, 15) is 4.79 Å². The lowest BCUT2D eigenvalue weighted by Gasteiger charge is -2.00. The van der Waals surface area contributed by atoms with Crippen molar-refractivity contribution in [1.29, 1.82) is 0 Å². The number of rotatable bonds is 2. The fraction of sp³-hybridized carbons (Fsp3) is 0.100. The highest BCUT2D eigenvalue weighted by molar-refractivity contribution is 5.92. The fourth-order valence-corrected chi connectivity index (χ4v) is 1.45. The summed E-state index contributed by atoms with van der Waals surface area (Å²) in [5, 5.41) is 4.24. The molecule has 0 aliphatic carbocycles. The van der Waals surface area contributed by atoms with Crippen LogP contribution in [0, 0.1) is 0 Å². The number of H-pyrrole nitrogens is 1. The second-order valence-corrected chi connectivity index (χ2v) is 3.16. The molecule has 2 aromatic rings. The van der Waals surface area contributed by atoms with Gasteiger partial charge in [-0.15, -0.1) is 0 Å². The lowest BCUT2D eigenvalue weighted by molar-refractivity contribution is -0.131. The van der Waals surface area contributed by atoms with E-state index < -0.39 is 0 Å². The van der Waals surface area contributed by atoms with Gasteiger partial charge in [0.15, 0.2) is 0 Å². The Labute approximate surface area is 90.5 Å². The number of nitrogens with one attached hydrogen (secondary N) is 1. The van der Waals surface area contributed by atoms with Gasteiger partial charge in [0, 0.05) is 28.9 Å². The number of nitrogens with zero attached hydrogens (tertiary/aromatic N) is 3. The summed E-state index contributed by atoms with van der Waals surface area (Å²) < 4.78 is 4.94. The van der Waals surface area contributed by atoms with Gasteiger partial charge in [0.25, 0.3) is 0 Å². The number of carbonyl (C=O) groups excluding carboxylic acids is 1. The van der Waals surface area contributed by atoms with Crippen LogP contribution in [0.3, 0.4) is 0 Å². The molecule has 0 fully saturated rings. The number of benzene rings is 1. The van der Waals surface area contributed by atoms with Gasteiger partial charge in [0.2, 0.25) is 0 Å². The molecule has 0 radical (unpaired) electrons. The lowest BCUT2D eigenvalue weighted by atomic mass is 10.2. The van der Waals surface area contributed by atoms with E-state index in [2.05, 4.69) is 15.0 Å². The van der Waals surface area contributed by atoms with Crippen molar-refractivity contribution in [3.8, 4) is 5.75 Å². The van der Waals surface area contributed by atoms with E-state index in [1.807, 2.05) is 0 Å². The summed E-state index contributed by atoms with van der Waals surface area (Å²) in [5.41, 5.74) is 9.67. The highest BCUT2D eigenvalue weighted by atomic mass is 16.5. The third-order valence-electron chi connectivity index (χ3n) is 2.05. The van der Waals surface area contributed by atoms with Gasteiger partial charge in [-0.2, -0.15) is 0 Å². The van der Waals surface area contributed by atoms with Crippen molar-refractivity contribution in [2.75, 3.05) is 0 Å². The Kier molecular flexibility index (Phi) is 2.49. The number of azide groups is 1. The van der Waals surface area contributed by atoms with E-state index in [4.69, 9.17) is 10.3 Å². The average molecular weight is 216 g/mol. The molecule has 0 unspecified atom stereocenters. The second kappa shape index (κ2) is 3.96. The van der Waals surface area contributed by atoms with Crippen molar-refractivity contribution in [1.82, 2.24) is 4.98 Å². The first kappa shape index (κ1) is 10.1. The number of ether oxygens (including phenoxy) is 1. The molecular weight excluding hydrogens is 208 g/mol. The summed E-state index contributed by atoms with van der Waals surface area (Å²) in [5.74, 6) is 0.0363. The largest absolute Gasteiger partial charge is 0.427 e. The van der Waals surface area contributed by atoms with Crippen molar-refractivity contribution < 1.29 is 9.53 Å². The van der Waals surface area contributed by atoms with Crippen LogP contribution in [0.4, 0.5) is 5.69 Å². The number of aromatic nitrogens is 1. The highest BCUT2D eigenvalue weighted by Gasteiger charge is 2.04. The van der Waals surface area contributed by atoms with Crippen molar-refractivity contribution in [2.24, 2.45) is 5.11 Å². The van der Waals surface area contributed by atoms with Crippen LogP contribution in [0.25, 0.3) is 21.3 Å². The van der Waals surface area contributed by atoms with Gasteiger partial charge in [-0.25, -0.2) is 0 Å². The number of hydrogen-bond donors (Lipinski definition) is 1. The maximum atomic E-state index is 10.8. The average Bonchev–Trinajstić information content (AvgIpc) is 2.61. The molecular formula is C10H8N4O2. The predicted octanol–water partition coefficient (Wildman–Crippen LogP) is 3.04. The van der Waals surface area contributed by atoms with Crippen LogP contribution in [0.2, 0.25) is 0 Å². The summed E-state index contributed by atoms with van der Waals surface area (Å²) in [7, 11) is 0. The molecule has 2 rings (SSSR count). The zero-order valence-corrected chi connectivity index (χ0v) is 8.47. The van der Waals surface area contributed by atoms with Crippen molar-refractivity contribution in [3.05, 3.63) is 34.8 Å². The molecule has 0 aliphatic rings. The monoisotopic (exact) mass is 216 g/mol. The molecule has 1 aromatic heterocycles.